The van der Waals surface area contributed by atoms with E-state index in [2.05, 4.69) is 0 Å². The molecule has 0 saturated carbocycles. The third kappa shape index (κ3) is 3.40. The summed E-state index contributed by atoms with van der Waals surface area (Å²) >= 11 is 0. The van der Waals surface area contributed by atoms with Gasteiger partial charge in [-0.3, -0.25) is 14.5 Å². The molecule has 1 aliphatic rings. The molecule has 1 heterocycles. The molecule has 0 spiro atoms. The van der Waals surface area contributed by atoms with E-state index in [1.807, 2.05) is 32.0 Å². The molecule has 1 unspecified atom stereocenters. The van der Waals surface area contributed by atoms with E-state index in [1.165, 1.54) is 11.0 Å². The topological polar surface area (TPSA) is 92.9 Å². The lowest BCUT2D eigenvalue weighted by Crippen LogP contribution is -2.34. The molecule has 0 fully saturated rings. The maximum atomic E-state index is 12.9. The summed E-state index contributed by atoms with van der Waals surface area (Å²) in [5.41, 5.74) is 8.66. The molecule has 6 nitrogen and oxygen atoms in total. The van der Waals surface area contributed by atoms with Crippen LogP contribution in [0, 0.1) is 0 Å². The SMILES string of the molecule is CCOc1cc(C(CCO)N2C(=O)c3ccc(N)cc3C2=O)ccc1CC. The average molecular weight is 368 g/mol. The number of rotatable bonds is 7. The fourth-order valence-corrected chi connectivity index (χ4v) is 3.49. The van der Waals surface area contributed by atoms with Gasteiger partial charge in [0.05, 0.1) is 23.8 Å². The summed E-state index contributed by atoms with van der Waals surface area (Å²) in [6.07, 6.45) is 1.06. The van der Waals surface area contributed by atoms with Crippen molar-refractivity contribution in [2.75, 3.05) is 18.9 Å². The smallest absolute Gasteiger partial charge is 0.262 e. The van der Waals surface area contributed by atoms with Crippen LogP contribution in [0.2, 0.25) is 0 Å². The first kappa shape index (κ1) is 18.9. The Kier molecular flexibility index (Phi) is 5.46. The highest BCUT2D eigenvalue weighted by Gasteiger charge is 2.40. The summed E-state index contributed by atoms with van der Waals surface area (Å²) in [5, 5.41) is 9.56. The second kappa shape index (κ2) is 7.80. The highest BCUT2D eigenvalue weighted by Crippen LogP contribution is 2.36. The zero-order chi connectivity index (χ0) is 19.6. The van der Waals surface area contributed by atoms with Gasteiger partial charge in [0.15, 0.2) is 0 Å². The predicted molar refractivity (Wildman–Crippen MR) is 103 cm³/mol. The summed E-state index contributed by atoms with van der Waals surface area (Å²) < 4.78 is 5.72. The monoisotopic (exact) mass is 368 g/mol. The first-order chi connectivity index (χ1) is 13.0. The third-order valence-electron chi connectivity index (χ3n) is 4.81. The van der Waals surface area contributed by atoms with Crippen LogP contribution in [-0.2, 0) is 6.42 Å². The molecule has 2 aromatic carbocycles. The van der Waals surface area contributed by atoms with E-state index in [1.54, 1.807) is 12.1 Å². The number of fused-ring (bicyclic) bond motifs is 1. The van der Waals surface area contributed by atoms with Gasteiger partial charge in [0.2, 0.25) is 0 Å². The molecule has 0 radical (unpaired) electrons. The molecule has 0 saturated heterocycles. The summed E-state index contributed by atoms with van der Waals surface area (Å²) in [6.45, 7) is 4.32. The van der Waals surface area contributed by atoms with E-state index in [-0.39, 0.29) is 18.9 Å². The van der Waals surface area contributed by atoms with Gasteiger partial charge in [0.25, 0.3) is 11.8 Å². The zero-order valence-electron chi connectivity index (χ0n) is 15.6. The molecule has 1 atom stereocenters. The Morgan fingerprint density at radius 3 is 2.48 bits per heavy atom. The van der Waals surface area contributed by atoms with Crippen LogP contribution in [0.5, 0.6) is 5.75 Å². The molecule has 2 aromatic rings. The van der Waals surface area contributed by atoms with Crippen molar-refractivity contribution in [1.29, 1.82) is 0 Å². The van der Waals surface area contributed by atoms with Crippen LogP contribution in [-0.4, -0.2) is 35.0 Å². The number of carbonyl (C=O) groups excluding carboxylic acids is 2. The quantitative estimate of drug-likeness (QED) is 0.579. The van der Waals surface area contributed by atoms with E-state index in [4.69, 9.17) is 10.5 Å². The largest absolute Gasteiger partial charge is 0.494 e. The molecule has 142 valence electrons. The van der Waals surface area contributed by atoms with Gasteiger partial charge < -0.3 is 15.6 Å². The second-order valence-electron chi connectivity index (χ2n) is 6.47. The molecule has 2 amide bonds. The Labute approximate surface area is 158 Å². The van der Waals surface area contributed by atoms with Crippen molar-refractivity contribution in [1.82, 2.24) is 4.90 Å². The number of amides is 2. The van der Waals surface area contributed by atoms with Gasteiger partial charge in [-0.1, -0.05) is 19.1 Å². The standard InChI is InChI=1S/C21H24N2O4/c1-3-13-5-6-14(11-19(13)27-4-2)18(9-10-24)23-20(25)16-8-7-15(22)12-17(16)21(23)26/h5-8,11-12,18,24H,3-4,9-10,22H2,1-2H3. The Bertz CT molecular complexity index is 878. The minimum Gasteiger partial charge on any atom is -0.494 e. The molecule has 3 rings (SSSR count). The molecular weight excluding hydrogens is 344 g/mol. The maximum absolute atomic E-state index is 12.9. The van der Waals surface area contributed by atoms with E-state index >= 15 is 0 Å². The summed E-state index contributed by atoms with van der Waals surface area (Å²) in [6, 6.07) is 9.83. The number of anilines is 1. The summed E-state index contributed by atoms with van der Waals surface area (Å²) in [7, 11) is 0. The van der Waals surface area contributed by atoms with Crippen molar-refractivity contribution >= 4 is 17.5 Å². The Balaban J connectivity index is 2.03. The molecule has 0 bridgehead atoms. The van der Waals surface area contributed by atoms with E-state index < -0.39 is 11.9 Å². The normalized spacial score (nSPS) is 14.4. The van der Waals surface area contributed by atoms with Crippen LogP contribution in [0.15, 0.2) is 36.4 Å². The summed E-state index contributed by atoms with van der Waals surface area (Å²) in [5.74, 6) is -0.0226. The second-order valence-corrected chi connectivity index (χ2v) is 6.47. The van der Waals surface area contributed by atoms with Gasteiger partial charge in [-0.15, -0.1) is 0 Å². The summed E-state index contributed by atoms with van der Waals surface area (Å²) in [4.78, 5) is 27.0. The van der Waals surface area contributed by atoms with Crippen LogP contribution < -0.4 is 10.5 Å². The average Bonchev–Trinajstić information content (AvgIpc) is 2.90. The number of nitrogens with zero attached hydrogens (tertiary/aromatic N) is 1. The lowest BCUT2D eigenvalue weighted by Gasteiger charge is -2.27. The van der Waals surface area contributed by atoms with Crippen molar-refractivity contribution in [2.45, 2.75) is 32.7 Å². The number of hydrogen-bond donors (Lipinski definition) is 2. The van der Waals surface area contributed by atoms with E-state index in [0.717, 1.165) is 23.3 Å². The van der Waals surface area contributed by atoms with Gasteiger partial charge in [0.1, 0.15) is 5.75 Å². The fourth-order valence-electron chi connectivity index (χ4n) is 3.49. The van der Waals surface area contributed by atoms with Gasteiger partial charge in [-0.05, 0) is 55.2 Å². The van der Waals surface area contributed by atoms with Crippen molar-refractivity contribution in [3.05, 3.63) is 58.7 Å². The highest BCUT2D eigenvalue weighted by atomic mass is 16.5. The number of nitrogen functional groups attached to an aromatic ring is 1. The molecule has 0 aromatic heterocycles. The Morgan fingerprint density at radius 1 is 1.07 bits per heavy atom. The lowest BCUT2D eigenvalue weighted by atomic mass is 9.99. The minimum atomic E-state index is -0.575. The number of nitrogens with two attached hydrogens (primary N) is 1. The van der Waals surface area contributed by atoms with Gasteiger partial charge >= 0.3 is 0 Å². The van der Waals surface area contributed by atoms with Crippen LogP contribution in [0.1, 0.15) is 58.2 Å². The number of aryl methyl sites for hydroxylation is 1. The van der Waals surface area contributed by atoms with Crippen molar-refractivity contribution in [3.8, 4) is 5.75 Å². The van der Waals surface area contributed by atoms with Gasteiger partial charge in [-0.25, -0.2) is 0 Å². The van der Waals surface area contributed by atoms with Crippen molar-refractivity contribution < 1.29 is 19.4 Å². The number of aliphatic hydroxyl groups is 1. The van der Waals surface area contributed by atoms with Crippen molar-refractivity contribution in [2.24, 2.45) is 0 Å². The molecule has 1 aliphatic heterocycles. The highest BCUT2D eigenvalue weighted by molar-refractivity contribution is 6.22. The van der Waals surface area contributed by atoms with Crippen LogP contribution in [0.3, 0.4) is 0 Å². The Hall–Kier alpha value is -2.86. The number of hydrogen-bond acceptors (Lipinski definition) is 5. The van der Waals surface area contributed by atoms with Gasteiger partial charge in [-0.2, -0.15) is 0 Å². The van der Waals surface area contributed by atoms with Crippen LogP contribution >= 0.6 is 0 Å². The fraction of sp³-hybridized carbons (Fsp3) is 0.333. The zero-order valence-corrected chi connectivity index (χ0v) is 15.6. The maximum Gasteiger partial charge on any atom is 0.262 e. The van der Waals surface area contributed by atoms with E-state index in [0.29, 0.717) is 23.4 Å². The van der Waals surface area contributed by atoms with Crippen molar-refractivity contribution in [3.63, 3.8) is 0 Å². The number of imide groups is 1. The van der Waals surface area contributed by atoms with E-state index in [9.17, 15) is 14.7 Å². The molecular formula is C21H24N2O4. The number of carbonyl (C=O) groups is 2. The predicted octanol–water partition coefficient (Wildman–Crippen LogP) is 2.95. The Morgan fingerprint density at radius 2 is 1.81 bits per heavy atom. The lowest BCUT2D eigenvalue weighted by molar-refractivity contribution is 0.0558. The first-order valence-electron chi connectivity index (χ1n) is 9.15. The first-order valence-corrected chi connectivity index (χ1v) is 9.15. The molecule has 3 N–H and O–H groups in total. The third-order valence-corrected chi connectivity index (χ3v) is 4.81. The number of aliphatic hydroxyl groups excluding tert-OH is 1. The molecule has 6 heteroatoms. The minimum absolute atomic E-state index is 0.153. The van der Waals surface area contributed by atoms with Crippen LogP contribution in [0.4, 0.5) is 5.69 Å². The molecule has 0 aliphatic carbocycles. The molecule has 27 heavy (non-hydrogen) atoms. The van der Waals surface area contributed by atoms with Gasteiger partial charge in [0, 0.05) is 12.3 Å². The number of ether oxygens (including phenoxy) is 1. The number of benzene rings is 2. The van der Waals surface area contributed by atoms with Crippen LogP contribution in [0.25, 0.3) is 0 Å².